The van der Waals surface area contributed by atoms with E-state index < -0.39 is 0 Å². The lowest BCUT2D eigenvalue weighted by atomic mass is 10.2. The number of aromatic nitrogens is 2. The van der Waals surface area contributed by atoms with Gasteiger partial charge in [0.1, 0.15) is 0 Å². The molecule has 0 aliphatic heterocycles. The topological polar surface area (TPSA) is 58.7 Å². The molecule has 0 aliphatic rings. The fraction of sp³-hybridized carbons (Fsp3) is 0.154. The largest absolute Gasteiger partial charge is 0.283 e. The van der Waals surface area contributed by atoms with E-state index in [0.29, 0.717) is 27.6 Å². The van der Waals surface area contributed by atoms with Crippen molar-refractivity contribution in [3.8, 4) is 6.07 Å². The van der Waals surface area contributed by atoms with Gasteiger partial charge in [-0.25, -0.2) is 4.98 Å². The van der Waals surface area contributed by atoms with Gasteiger partial charge in [-0.15, -0.1) is 6.58 Å². The highest BCUT2D eigenvalue weighted by Gasteiger charge is 2.10. The van der Waals surface area contributed by atoms with Crippen molar-refractivity contribution in [1.29, 1.82) is 5.26 Å². The van der Waals surface area contributed by atoms with E-state index in [-0.39, 0.29) is 11.3 Å². The molecule has 0 fully saturated rings. The number of nitrogens with zero attached hydrogens (tertiary/aromatic N) is 3. The van der Waals surface area contributed by atoms with Crippen LogP contribution < -0.4 is 5.56 Å². The Morgan fingerprint density at radius 3 is 3.05 bits per heavy atom. The molecule has 0 N–H and O–H groups in total. The molecule has 0 spiro atoms. The third kappa shape index (κ3) is 2.80. The zero-order valence-electron chi connectivity index (χ0n) is 9.97. The van der Waals surface area contributed by atoms with Crippen molar-refractivity contribution in [2.75, 3.05) is 5.75 Å². The first kappa shape index (κ1) is 13.7. The maximum Gasteiger partial charge on any atom is 0.262 e. The highest BCUT2D eigenvalue weighted by atomic mass is 35.5. The minimum Gasteiger partial charge on any atom is -0.283 e. The highest BCUT2D eigenvalue weighted by molar-refractivity contribution is 7.99. The summed E-state index contributed by atoms with van der Waals surface area (Å²) in [5.74, 6) is 0.239. The van der Waals surface area contributed by atoms with Crippen molar-refractivity contribution in [2.24, 2.45) is 0 Å². The molecular weight excluding hydrogens is 282 g/mol. The number of hydrogen-bond donors (Lipinski definition) is 0. The molecule has 1 aromatic heterocycles. The normalized spacial score (nSPS) is 10.3. The van der Waals surface area contributed by atoms with Gasteiger partial charge < -0.3 is 0 Å². The summed E-state index contributed by atoms with van der Waals surface area (Å²) in [6.45, 7) is 3.98. The molecule has 4 nitrogen and oxygen atoms in total. The molecule has 0 aliphatic carbocycles. The molecule has 6 heteroatoms. The maximum atomic E-state index is 12.4. The van der Waals surface area contributed by atoms with Crippen LogP contribution in [0.2, 0.25) is 5.02 Å². The second-order valence-corrected chi connectivity index (χ2v) is 5.09. The van der Waals surface area contributed by atoms with Gasteiger partial charge in [0.25, 0.3) is 5.56 Å². The zero-order valence-corrected chi connectivity index (χ0v) is 11.5. The van der Waals surface area contributed by atoms with E-state index in [9.17, 15) is 4.79 Å². The molecule has 0 atom stereocenters. The van der Waals surface area contributed by atoms with Crippen LogP contribution in [0.5, 0.6) is 0 Å². The quantitative estimate of drug-likeness (QED) is 0.494. The van der Waals surface area contributed by atoms with E-state index >= 15 is 0 Å². The average molecular weight is 292 g/mol. The minimum atomic E-state index is -0.173. The average Bonchev–Trinajstić information content (AvgIpc) is 2.41. The molecule has 0 radical (unpaired) electrons. The van der Waals surface area contributed by atoms with Crippen molar-refractivity contribution < 1.29 is 0 Å². The summed E-state index contributed by atoms with van der Waals surface area (Å²) < 4.78 is 1.49. The monoisotopic (exact) mass is 291 g/mol. The molecule has 1 heterocycles. The Hall–Kier alpha value is -1.77. The Balaban J connectivity index is 2.70. The van der Waals surface area contributed by atoms with Crippen molar-refractivity contribution in [1.82, 2.24) is 9.55 Å². The number of halogens is 1. The summed E-state index contributed by atoms with van der Waals surface area (Å²) in [6, 6.07) is 7.01. The van der Waals surface area contributed by atoms with Crippen molar-refractivity contribution >= 4 is 34.3 Å². The standard InChI is InChI=1S/C13H10ClN3OS/c1-2-6-17-12(18)10-8-9(14)3-4-11(10)16-13(17)19-7-5-15/h2-4,8H,1,6-7H2. The number of allylic oxidation sites excluding steroid dienone is 1. The molecule has 2 rings (SSSR count). The summed E-state index contributed by atoms with van der Waals surface area (Å²) in [5, 5.41) is 10.1. The van der Waals surface area contributed by atoms with Crippen LogP contribution in [0, 0.1) is 11.3 Å². The fourth-order valence-corrected chi connectivity index (χ4v) is 2.51. The molecule has 0 unspecified atom stereocenters. The summed E-state index contributed by atoms with van der Waals surface area (Å²) in [5.41, 5.74) is 0.406. The zero-order chi connectivity index (χ0) is 13.8. The number of nitriles is 1. The molecule has 1 aromatic carbocycles. The lowest BCUT2D eigenvalue weighted by molar-refractivity contribution is 0.672. The number of thioether (sulfide) groups is 1. The van der Waals surface area contributed by atoms with Gasteiger partial charge in [-0.2, -0.15) is 5.26 Å². The Bertz CT molecular complexity index is 733. The van der Waals surface area contributed by atoms with Crippen LogP contribution in [0.1, 0.15) is 0 Å². The summed E-state index contributed by atoms with van der Waals surface area (Å²) in [6.07, 6.45) is 1.62. The molecule has 0 bridgehead atoms. The Labute approximate surface area is 119 Å². The molecule has 19 heavy (non-hydrogen) atoms. The molecular formula is C13H10ClN3OS. The first-order valence-electron chi connectivity index (χ1n) is 5.48. The highest BCUT2D eigenvalue weighted by Crippen LogP contribution is 2.19. The van der Waals surface area contributed by atoms with E-state index in [1.165, 1.54) is 16.3 Å². The van der Waals surface area contributed by atoms with Crippen molar-refractivity contribution in [2.45, 2.75) is 11.7 Å². The van der Waals surface area contributed by atoms with E-state index in [0.717, 1.165) is 0 Å². The van der Waals surface area contributed by atoms with E-state index in [1.54, 1.807) is 24.3 Å². The Morgan fingerprint density at radius 2 is 2.37 bits per heavy atom. The third-order valence-electron chi connectivity index (χ3n) is 2.46. The predicted molar refractivity (Wildman–Crippen MR) is 77.5 cm³/mol. The Kier molecular flexibility index (Phi) is 4.25. The predicted octanol–water partition coefficient (Wildman–Crippen LogP) is 2.85. The summed E-state index contributed by atoms with van der Waals surface area (Å²) in [4.78, 5) is 16.8. The summed E-state index contributed by atoms with van der Waals surface area (Å²) >= 11 is 7.13. The second-order valence-electron chi connectivity index (χ2n) is 3.71. The van der Waals surface area contributed by atoms with Gasteiger partial charge in [0.05, 0.1) is 22.7 Å². The number of benzene rings is 1. The van der Waals surface area contributed by atoms with Crippen LogP contribution in [-0.4, -0.2) is 15.3 Å². The smallest absolute Gasteiger partial charge is 0.262 e. The number of hydrogen-bond acceptors (Lipinski definition) is 4. The van der Waals surface area contributed by atoms with Gasteiger partial charge in [-0.3, -0.25) is 9.36 Å². The molecule has 0 saturated carbocycles. The lowest BCUT2D eigenvalue weighted by Crippen LogP contribution is -2.22. The van der Waals surface area contributed by atoms with Gasteiger partial charge in [0, 0.05) is 11.6 Å². The van der Waals surface area contributed by atoms with Gasteiger partial charge in [0.2, 0.25) is 0 Å². The van der Waals surface area contributed by atoms with Crippen molar-refractivity contribution in [3.63, 3.8) is 0 Å². The van der Waals surface area contributed by atoms with Crippen LogP contribution in [-0.2, 0) is 6.54 Å². The van der Waals surface area contributed by atoms with E-state index in [1.807, 2.05) is 6.07 Å². The fourth-order valence-electron chi connectivity index (χ4n) is 1.67. The van der Waals surface area contributed by atoms with Crippen LogP contribution in [0.4, 0.5) is 0 Å². The molecule has 0 amide bonds. The van der Waals surface area contributed by atoms with Gasteiger partial charge in [-0.05, 0) is 18.2 Å². The number of rotatable bonds is 4. The van der Waals surface area contributed by atoms with Crippen molar-refractivity contribution in [3.05, 3.63) is 46.2 Å². The SMILES string of the molecule is C=CCn1c(SCC#N)nc2ccc(Cl)cc2c1=O. The first-order chi connectivity index (χ1) is 9.17. The first-order valence-corrected chi connectivity index (χ1v) is 6.84. The van der Waals surface area contributed by atoms with Crippen LogP contribution in [0.25, 0.3) is 10.9 Å². The molecule has 2 aromatic rings. The minimum absolute atomic E-state index is 0.173. The third-order valence-corrected chi connectivity index (χ3v) is 3.54. The molecule has 96 valence electrons. The maximum absolute atomic E-state index is 12.4. The van der Waals surface area contributed by atoms with Gasteiger partial charge in [-0.1, -0.05) is 29.4 Å². The van der Waals surface area contributed by atoms with Gasteiger partial charge in [0.15, 0.2) is 5.16 Å². The number of fused-ring (bicyclic) bond motifs is 1. The summed E-state index contributed by atoms with van der Waals surface area (Å²) in [7, 11) is 0. The molecule has 0 saturated heterocycles. The van der Waals surface area contributed by atoms with Crippen LogP contribution in [0.15, 0.2) is 40.8 Å². The van der Waals surface area contributed by atoms with Crippen LogP contribution >= 0.6 is 23.4 Å². The lowest BCUT2D eigenvalue weighted by Gasteiger charge is -2.10. The van der Waals surface area contributed by atoms with Gasteiger partial charge >= 0.3 is 0 Å². The Morgan fingerprint density at radius 1 is 1.58 bits per heavy atom. The van der Waals surface area contributed by atoms with Crippen LogP contribution in [0.3, 0.4) is 0 Å². The second kappa shape index (κ2) is 5.91. The van der Waals surface area contributed by atoms with E-state index in [4.69, 9.17) is 16.9 Å². The van der Waals surface area contributed by atoms with E-state index in [2.05, 4.69) is 11.6 Å².